The van der Waals surface area contributed by atoms with Gasteiger partial charge in [0, 0.05) is 37.3 Å². The number of nitrogens with one attached hydrogen (secondary N) is 1. The number of aliphatic hydroxyl groups is 1. The largest absolute Gasteiger partial charge is 0.469 e. The lowest BCUT2D eigenvalue weighted by molar-refractivity contribution is 0.226. The third-order valence-corrected chi connectivity index (χ3v) is 3.15. The van der Waals surface area contributed by atoms with E-state index in [1.54, 1.807) is 12.5 Å². The van der Waals surface area contributed by atoms with Crippen molar-refractivity contribution >= 4 is 11.8 Å². The molecule has 0 saturated heterocycles. The highest BCUT2D eigenvalue weighted by Gasteiger charge is 2.12. The SMILES string of the molecule is CCc1cnc(N)nc1NCC(CO)Cc1ccco1. The molecule has 1 atom stereocenters. The van der Waals surface area contributed by atoms with Gasteiger partial charge in [0.05, 0.1) is 6.26 Å². The summed E-state index contributed by atoms with van der Waals surface area (Å²) in [5, 5.41) is 12.7. The zero-order chi connectivity index (χ0) is 14.4. The highest BCUT2D eigenvalue weighted by molar-refractivity contribution is 5.46. The minimum atomic E-state index is 0.0574. The predicted molar refractivity (Wildman–Crippen MR) is 77.3 cm³/mol. The molecule has 4 N–H and O–H groups in total. The van der Waals surface area contributed by atoms with E-state index >= 15 is 0 Å². The van der Waals surface area contributed by atoms with E-state index in [0.29, 0.717) is 13.0 Å². The Bertz CT molecular complexity index is 528. The third kappa shape index (κ3) is 3.71. The van der Waals surface area contributed by atoms with Crippen molar-refractivity contribution in [2.24, 2.45) is 5.92 Å². The van der Waals surface area contributed by atoms with E-state index in [1.807, 2.05) is 19.1 Å². The van der Waals surface area contributed by atoms with Gasteiger partial charge in [-0.05, 0) is 18.6 Å². The van der Waals surface area contributed by atoms with Crippen LogP contribution in [0.2, 0.25) is 0 Å². The lowest BCUT2D eigenvalue weighted by Gasteiger charge is -2.16. The maximum Gasteiger partial charge on any atom is 0.221 e. The molecule has 0 amide bonds. The lowest BCUT2D eigenvalue weighted by atomic mass is 10.0. The van der Waals surface area contributed by atoms with Crippen molar-refractivity contribution in [1.29, 1.82) is 0 Å². The molecule has 0 aliphatic carbocycles. The summed E-state index contributed by atoms with van der Waals surface area (Å²) in [6.07, 6.45) is 4.87. The standard InChI is InChI=1S/C14H20N4O2/c1-2-11-8-17-14(15)18-13(11)16-7-10(9-19)6-12-4-3-5-20-12/h3-5,8,10,19H,2,6-7,9H2,1H3,(H3,15,16,17,18). The minimum absolute atomic E-state index is 0.0574. The quantitative estimate of drug-likeness (QED) is 0.708. The van der Waals surface area contributed by atoms with Gasteiger partial charge in [-0.15, -0.1) is 0 Å². The summed E-state index contributed by atoms with van der Waals surface area (Å²) in [5.41, 5.74) is 6.61. The maximum absolute atomic E-state index is 9.44. The fourth-order valence-electron chi connectivity index (χ4n) is 1.99. The molecule has 2 rings (SSSR count). The van der Waals surface area contributed by atoms with Gasteiger partial charge in [0.2, 0.25) is 5.95 Å². The Morgan fingerprint density at radius 3 is 3.00 bits per heavy atom. The molecule has 0 aliphatic rings. The predicted octanol–water partition coefficient (Wildman–Crippen LogP) is 1.48. The van der Waals surface area contributed by atoms with Gasteiger partial charge >= 0.3 is 0 Å². The van der Waals surface area contributed by atoms with Crippen molar-refractivity contribution < 1.29 is 9.52 Å². The molecule has 0 saturated carbocycles. The summed E-state index contributed by atoms with van der Waals surface area (Å²) in [5.74, 6) is 1.90. The van der Waals surface area contributed by atoms with Gasteiger partial charge in [-0.25, -0.2) is 4.98 Å². The number of anilines is 2. The van der Waals surface area contributed by atoms with Crippen molar-refractivity contribution in [3.8, 4) is 0 Å². The molecule has 0 aliphatic heterocycles. The van der Waals surface area contributed by atoms with Crippen molar-refractivity contribution in [3.05, 3.63) is 35.9 Å². The summed E-state index contributed by atoms with van der Waals surface area (Å²) in [6, 6.07) is 3.75. The number of hydrogen-bond donors (Lipinski definition) is 3. The Morgan fingerprint density at radius 1 is 1.50 bits per heavy atom. The molecule has 0 radical (unpaired) electrons. The normalized spacial score (nSPS) is 12.3. The number of nitrogens with zero attached hydrogens (tertiary/aromatic N) is 2. The molecule has 6 heteroatoms. The fraction of sp³-hybridized carbons (Fsp3) is 0.429. The number of nitrogen functional groups attached to an aromatic ring is 1. The molecule has 2 heterocycles. The molecule has 108 valence electrons. The molecule has 20 heavy (non-hydrogen) atoms. The topological polar surface area (TPSA) is 97.2 Å². The molecule has 2 aromatic heterocycles. The van der Waals surface area contributed by atoms with Gasteiger partial charge in [0.1, 0.15) is 11.6 Å². The molecule has 2 aromatic rings. The summed E-state index contributed by atoms with van der Waals surface area (Å²) < 4.78 is 5.30. The fourth-order valence-corrected chi connectivity index (χ4v) is 1.99. The Kier molecular flexibility index (Phi) is 4.95. The van der Waals surface area contributed by atoms with Gasteiger partial charge in [0.25, 0.3) is 0 Å². The Morgan fingerprint density at radius 2 is 2.35 bits per heavy atom. The Labute approximate surface area is 118 Å². The van der Waals surface area contributed by atoms with Crippen LogP contribution in [0.3, 0.4) is 0 Å². The summed E-state index contributed by atoms with van der Waals surface area (Å²) in [7, 11) is 0. The van der Waals surface area contributed by atoms with Gasteiger partial charge < -0.3 is 20.6 Å². The lowest BCUT2D eigenvalue weighted by Crippen LogP contribution is -2.21. The van der Waals surface area contributed by atoms with Gasteiger partial charge in [0.15, 0.2) is 0 Å². The molecular formula is C14H20N4O2. The highest BCUT2D eigenvalue weighted by Crippen LogP contribution is 2.15. The Hall–Kier alpha value is -2.08. The van der Waals surface area contributed by atoms with Crippen LogP contribution in [0, 0.1) is 5.92 Å². The first kappa shape index (κ1) is 14.3. The maximum atomic E-state index is 9.44. The second-order valence-corrected chi connectivity index (χ2v) is 4.67. The van der Waals surface area contributed by atoms with Crippen molar-refractivity contribution in [3.63, 3.8) is 0 Å². The first-order chi connectivity index (χ1) is 9.72. The molecule has 0 fully saturated rings. The van der Waals surface area contributed by atoms with Crippen LogP contribution in [0.1, 0.15) is 18.2 Å². The van der Waals surface area contributed by atoms with Gasteiger partial charge in [-0.3, -0.25) is 0 Å². The number of aliphatic hydroxyl groups excluding tert-OH is 1. The zero-order valence-corrected chi connectivity index (χ0v) is 11.5. The van der Waals surface area contributed by atoms with Crippen LogP contribution >= 0.6 is 0 Å². The van der Waals surface area contributed by atoms with E-state index in [1.165, 1.54) is 0 Å². The van der Waals surface area contributed by atoms with Crippen LogP contribution in [0.4, 0.5) is 11.8 Å². The smallest absolute Gasteiger partial charge is 0.221 e. The monoisotopic (exact) mass is 276 g/mol. The number of furan rings is 1. The summed E-state index contributed by atoms with van der Waals surface area (Å²) in [4.78, 5) is 8.18. The van der Waals surface area contributed by atoms with Crippen molar-refractivity contribution in [2.45, 2.75) is 19.8 Å². The second-order valence-electron chi connectivity index (χ2n) is 4.67. The van der Waals surface area contributed by atoms with E-state index in [4.69, 9.17) is 10.2 Å². The minimum Gasteiger partial charge on any atom is -0.469 e. The van der Waals surface area contributed by atoms with Crippen LogP contribution in [0.5, 0.6) is 0 Å². The average Bonchev–Trinajstić information content (AvgIpc) is 2.96. The van der Waals surface area contributed by atoms with Gasteiger partial charge in [-0.1, -0.05) is 6.92 Å². The van der Waals surface area contributed by atoms with E-state index in [9.17, 15) is 5.11 Å². The number of aryl methyl sites for hydroxylation is 1. The molecule has 0 spiro atoms. The van der Waals surface area contributed by atoms with E-state index < -0.39 is 0 Å². The highest BCUT2D eigenvalue weighted by atomic mass is 16.3. The molecule has 0 bridgehead atoms. The first-order valence-electron chi connectivity index (χ1n) is 6.71. The average molecular weight is 276 g/mol. The van der Waals surface area contributed by atoms with Crippen molar-refractivity contribution in [1.82, 2.24) is 9.97 Å². The van der Waals surface area contributed by atoms with Crippen LogP contribution in [0.15, 0.2) is 29.0 Å². The number of aromatic nitrogens is 2. The number of hydrogen-bond acceptors (Lipinski definition) is 6. The summed E-state index contributed by atoms with van der Waals surface area (Å²) >= 11 is 0. The van der Waals surface area contributed by atoms with Crippen LogP contribution in [-0.4, -0.2) is 28.2 Å². The second kappa shape index (κ2) is 6.91. The van der Waals surface area contributed by atoms with Crippen LogP contribution < -0.4 is 11.1 Å². The summed E-state index contributed by atoms with van der Waals surface area (Å²) in [6.45, 7) is 2.71. The van der Waals surface area contributed by atoms with E-state index in [-0.39, 0.29) is 18.5 Å². The molecule has 6 nitrogen and oxygen atoms in total. The molecule has 0 aromatic carbocycles. The van der Waals surface area contributed by atoms with Crippen LogP contribution in [0.25, 0.3) is 0 Å². The Balaban J connectivity index is 1.97. The third-order valence-electron chi connectivity index (χ3n) is 3.15. The molecule has 1 unspecified atom stereocenters. The van der Waals surface area contributed by atoms with Crippen LogP contribution in [-0.2, 0) is 12.8 Å². The van der Waals surface area contributed by atoms with E-state index in [2.05, 4.69) is 15.3 Å². The van der Waals surface area contributed by atoms with Gasteiger partial charge in [-0.2, -0.15) is 4.98 Å². The van der Waals surface area contributed by atoms with Crippen molar-refractivity contribution in [2.75, 3.05) is 24.2 Å². The number of nitrogens with two attached hydrogens (primary N) is 1. The first-order valence-corrected chi connectivity index (χ1v) is 6.71. The molecular weight excluding hydrogens is 256 g/mol. The number of rotatable bonds is 7. The zero-order valence-electron chi connectivity index (χ0n) is 11.5. The van der Waals surface area contributed by atoms with E-state index in [0.717, 1.165) is 23.6 Å².